The monoisotopic (exact) mass is 449 g/mol. The van der Waals surface area contributed by atoms with Crippen molar-refractivity contribution in [1.29, 1.82) is 0 Å². The van der Waals surface area contributed by atoms with Gasteiger partial charge < -0.3 is 10.6 Å². The maximum absolute atomic E-state index is 12.0. The molecule has 0 fully saturated rings. The number of unbranched alkanes of at least 4 members (excludes halogenated alkanes) is 2. The van der Waals surface area contributed by atoms with Crippen molar-refractivity contribution in [2.24, 2.45) is 0 Å². The molecule has 0 bridgehead atoms. The third-order valence-corrected chi connectivity index (χ3v) is 4.85. The second-order valence-electron chi connectivity index (χ2n) is 8.38. The number of rotatable bonds is 13. The molecule has 0 saturated heterocycles. The van der Waals surface area contributed by atoms with E-state index in [9.17, 15) is 19.6 Å². The topological polar surface area (TPSA) is 98.7 Å². The number of nitrogens with zero attached hydrogens (tertiary/aromatic N) is 1. The van der Waals surface area contributed by atoms with Crippen molar-refractivity contribution in [3.63, 3.8) is 0 Å². The van der Waals surface area contributed by atoms with E-state index in [-0.39, 0.29) is 36.7 Å². The second-order valence-corrected chi connectivity index (χ2v) is 8.38. The van der Waals surface area contributed by atoms with E-state index in [0.717, 1.165) is 31.2 Å². The SMILES string of the molecule is CC.CCCC(C)(C)NC(=O)CCC(=O)N(O)CCCCCNC(=O)c1ccc(C)cc1. The Morgan fingerprint density at radius 1 is 1.00 bits per heavy atom. The summed E-state index contributed by atoms with van der Waals surface area (Å²) in [7, 11) is 0. The van der Waals surface area contributed by atoms with Gasteiger partial charge in [0.25, 0.3) is 5.91 Å². The van der Waals surface area contributed by atoms with E-state index in [4.69, 9.17) is 0 Å². The summed E-state index contributed by atoms with van der Waals surface area (Å²) in [6.45, 7) is 12.7. The van der Waals surface area contributed by atoms with E-state index in [1.54, 1.807) is 12.1 Å². The Balaban J connectivity index is 0.00000466. The summed E-state index contributed by atoms with van der Waals surface area (Å²) in [4.78, 5) is 35.9. The first-order valence-corrected chi connectivity index (χ1v) is 11.8. The van der Waals surface area contributed by atoms with Crippen molar-refractivity contribution < 1.29 is 19.6 Å². The Kier molecular flexibility index (Phi) is 15.0. The Hall–Kier alpha value is -2.41. The summed E-state index contributed by atoms with van der Waals surface area (Å²) in [5.74, 6) is -0.736. The number of carbonyl (C=O) groups is 3. The highest BCUT2D eigenvalue weighted by atomic mass is 16.5. The van der Waals surface area contributed by atoms with Crippen LogP contribution in [-0.4, -0.2) is 46.6 Å². The van der Waals surface area contributed by atoms with Crippen LogP contribution in [0.2, 0.25) is 0 Å². The molecule has 3 N–H and O–H groups in total. The van der Waals surface area contributed by atoms with E-state index in [1.165, 1.54) is 0 Å². The van der Waals surface area contributed by atoms with Crippen molar-refractivity contribution in [3.8, 4) is 0 Å². The van der Waals surface area contributed by atoms with Gasteiger partial charge in [-0.15, -0.1) is 0 Å². The Labute approximate surface area is 193 Å². The lowest BCUT2D eigenvalue weighted by Crippen LogP contribution is -2.43. The van der Waals surface area contributed by atoms with Crippen LogP contribution in [0.25, 0.3) is 0 Å². The molecule has 0 atom stereocenters. The van der Waals surface area contributed by atoms with E-state index in [2.05, 4.69) is 17.6 Å². The predicted molar refractivity (Wildman–Crippen MR) is 129 cm³/mol. The minimum absolute atomic E-state index is 0.0167. The zero-order valence-corrected chi connectivity index (χ0v) is 20.8. The van der Waals surface area contributed by atoms with Gasteiger partial charge in [-0.2, -0.15) is 0 Å². The minimum Gasteiger partial charge on any atom is -0.352 e. The largest absolute Gasteiger partial charge is 0.352 e. The van der Waals surface area contributed by atoms with Gasteiger partial charge in [0.15, 0.2) is 0 Å². The maximum Gasteiger partial charge on any atom is 0.251 e. The molecular weight excluding hydrogens is 406 g/mol. The summed E-state index contributed by atoms with van der Waals surface area (Å²) in [6, 6.07) is 7.39. The van der Waals surface area contributed by atoms with Crippen LogP contribution in [0.5, 0.6) is 0 Å². The van der Waals surface area contributed by atoms with Gasteiger partial charge in [-0.05, 0) is 58.6 Å². The third kappa shape index (κ3) is 13.1. The minimum atomic E-state index is -0.453. The van der Waals surface area contributed by atoms with Crippen LogP contribution >= 0.6 is 0 Å². The molecule has 0 aliphatic heterocycles. The number of aryl methyl sites for hydroxylation is 1. The van der Waals surface area contributed by atoms with Crippen LogP contribution < -0.4 is 10.6 Å². The van der Waals surface area contributed by atoms with Gasteiger partial charge in [0.1, 0.15) is 0 Å². The van der Waals surface area contributed by atoms with Gasteiger partial charge in [0.05, 0.1) is 0 Å². The third-order valence-electron chi connectivity index (χ3n) is 4.85. The summed E-state index contributed by atoms with van der Waals surface area (Å²) >= 11 is 0. The first kappa shape index (κ1) is 29.6. The molecule has 1 aromatic carbocycles. The Bertz CT molecular complexity index is 687. The zero-order valence-electron chi connectivity index (χ0n) is 20.8. The summed E-state index contributed by atoms with van der Waals surface area (Å²) in [6.07, 6.45) is 4.03. The molecule has 0 spiro atoms. The quantitative estimate of drug-likeness (QED) is 0.233. The van der Waals surface area contributed by atoms with E-state index < -0.39 is 5.91 Å². The standard InChI is InChI=1S/C23H37N3O4.C2H6/c1-5-15-23(3,4)25-20(27)13-14-21(28)26(30)17-8-6-7-16-24-22(29)19-11-9-18(2)10-12-19;1-2/h9-12,30H,5-8,13-17H2,1-4H3,(H,24,29)(H,25,27);1-2H3. The molecule has 0 aromatic heterocycles. The predicted octanol–water partition coefficient (Wildman–Crippen LogP) is 4.61. The van der Waals surface area contributed by atoms with E-state index in [0.29, 0.717) is 23.6 Å². The molecule has 7 nitrogen and oxygen atoms in total. The smallest absolute Gasteiger partial charge is 0.251 e. The van der Waals surface area contributed by atoms with Crippen LogP contribution in [-0.2, 0) is 9.59 Å². The van der Waals surface area contributed by atoms with Gasteiger partial charge in [0, 0.05) is 37.0 Å². The molecule has 182 valence electrons. The highest BCUT2D eigenvalue weighted by Gasteiger charge is 2.20. The average molecular weight is 450 g/mol. The average Bonchev–Trinajstić information content (AvgIpc) is 2.75. The Morgan fingerprint density at radius 2 is 1.62 bits per heavy atom. The fraction of sp³-hybridized carbons (Fsp3) is 0.640. The van der Waals surface area contributed by atoms with Gasteiger partial charge >= 0.3 is 0 Å². The van der Waals surface area contributed by atoms with Crippen LogP contribution in [0.1, 0.15) is 95.5 Å². The van der Waals surface area contributed by atoms with Crippen LogP contribution in [0.4, 0.5) is 0 Å². The van der Waals surface area contributed by atoms with Crippen molar-refractivity contribution in [2.45, 2.75) is 92.0 Å². The normalized spacial score (nSPS) is 10.6. The number of hydrogen-bond donors (Lipinski definition) is 3. The molecule has 0 unspecified atom stereocenters. The van der Waals surface area contributed by atoms with Crippen molar-refractivity contribution in [2.75, 3.05) is 13.1 Å². The molecule has 32 heavy (non-hydrogen) atoms. The van der Waals surface area contributed by atoms with Gasteiger partial charge in [-0.25, -0.2) is 5.06 Å². The fourth-order valence-corrected chi connectivity index (χ4v) is 3.17. The van der Waals surface area contributed by atoms with E-state index >= 15 is 0 Å². The van der Waals surface area contributed by atoms with Crippen molar-refractivity contribution >= 4 is 17.7 Å². The molecule has 1 aromatic rings. The maximum atomic E-state index is 12.0. The highest BCUT2D eigenvalue weighted by Crippen LogP contribution is 2.11. The summed E-state index contributed by atoms with van der Waals surface area (Å²) in [5, 5.41) is 16.3. The molecule has 0 aliphatic carbocycles. The first-order valence-electron chi connectivity index (χ1n) is 11.8. The number of hydrogen-bond acceptors (Lipinski definition) is 4. The zero-order chi connectivity index (χ0) is 24.6. The summed E-state index contributed by atoms with van der Waals surface area (Å²) in [5.41, 5.74) is 1.45. The molecule has 0 aliphatic rings. The van der Waals surface area contributed by atoms with E-state index in [1.807, 2.05) is 46.8 Å². The number of amides is 3. The molecule has 3 amide bonds. The fourth-order valence-electron chi connectivity index (χ4n) is 3.17. The number of hydroxylamine groups is 2. The molecular formula is C25H43N3O4. The van der Waals surface area contributed by atoms with Gasteiger partial charge in [-0.1, -0.05) is 44.9 Å². The number of carbonyl (C=O) groups excluding carboxylic acids is 3. The molecule has 0 radical (unpaired) electrons. The summed E-state index contributed by atoms with van der Waals surface area (Å²) < 4.78 is 0. The second kappa shape index (κ2) is 16.3. The van der Waals surface area contributed by atoms with Gasteiger partial charge in [-0.3, -0.25) is 19.6 Å². The van der Waals surface area contributed by atoms with Crippen LogP contribution in [0.3, 0.4) is 0 Å². The van der Waals surface area contributed by atoms with Crippen molar-refractivity contribution in [3.05, 3.63) is 35.4 Å². The lowest BCUT2D eigenvalue weighted by Gasteiger charge is -2.25. The highest BCUT2D eigenvalue weighted by molar-refractivity contribution is 5.94. The number of nitrogens with one attached hydrogen (secondary N) is 2. The van der Waals surface area contributed by atoms with Crippen molar-refractivity contribution in [1.82, 2.24) is 15.7 Å². The van der Waals surface area contributed by atoms with Gasteiger partial charge in [0.2, 0.25) is 11.8 Å². The first-order chi connectivity index (χ1) is 15.1. The molecule has 1 rings (SSSR count). The number of benzene rings is 1. The van der Waals surface area contributed by atoms with Crippen LogP contribution in [0.15, 0.2) is 24.3 Å². The van der Waals surface area contributed by atoms with Crippen LogP contribution in [0, 0.1) is 6.92 Å². The lowest BCUT2D eigenvalue weighted by molar-refractivity contribution is -0.166. The molecule has 0 saturated carbocycles. The molecule has 0 heterocycles. The molecule has 7 heteroatoms. The Morgan fingerprint density at radius 3 is 2.22 bits per heavy atom. The lowest BCUT2D eigenvalue weighted by atomic mass is 9.98.